The van der Waals surface area contributed by atoms with Crippen LogP contribution in [0.15, 0.2) is 24.5 Å². The summed E-state index contributed by atoms with van der Waals surface area (Å²) >= 11 is 0. The molecule has 16 heteroatoms. The molecule has 3 aliphatic rings. The number of carbonyl (C=O) groups excluding carboxylic acids is 1. The lowest BCUT2D eigenvalue weighted by Gasteiger charge is -2.36. The van der Waals surface area contributed by atoms with Gasteiger partial charge in [-0.15, -0.1) is 0 Å². The third-order valence-corrected chi connectivity index (χ3v) is 6.20. The molecule has 1 amide bonds. The zero-order chi connectivity index (χ0) is 29.2. The monoisotopic (exact) mass is 573 g/mol. The van der Waals surface area contributed by atoms with E-state index in [2.05, 4.69) is 15.2 Å². The van der Waals surface area contributed by atoms with Gasteiger partial charge in [-0.3, -0.25) is 9.78 Å². The lowest BCUT2D eigenvalue weighted by molar-refractivity contribution is -0.193. The van der Waals surface area contributed by atoms with Gasteiger partial charge in [0, 0.05) is 32.5 Å². The zero-order valence-corrected chi connectivity index (χ0v) is 20.6. The Hall–Kier alpha value is -2.98. The predicted octanol–water partition coefficient (Wildman–Crippen LogP) is 3.19. The number of carbonyl (C=O) groups is 3. The van der Waals surface area contributed by atoms with Crippen molar-refractivity contribution < 1.29 is 60.4 Å². The van der Waals surface area contributed by atoms with Crippen LogP contribution in [0.3, 0.4) is 0 Å². The number of carboxylic acids is 2. The minimum atomic E-state index is -5.08. The smallest absolute Gasteiger partial charge is 0.475 e. The Morgan fingerprint density at radius 2 is 1.62 bits per heavy atom. The molecular formula is C23H29F6N3O7. The second kappa shape index (κ2) is 14.4. The molecule has 3 N–H and O–H groups in total. The van der Waals surface area contributed by atoms with Gasteiger partial charge in [0.1, 0.15) is 6.10 Å². The van der Waals surface area contributed by atoms with E-state index in [1.54, 1.807) is 12.4 Å². The van der Waals surface area contributed by atoms with Crippen LogP contribution in [0, 0.1) is 11.8 Å². The van der Waals surface area contributed by atoms with Gasteiger partial charge in [0.25, 0.3) is 5.91 Å². The number of piperidine rings is 1. The number of nitrogens with one attached hydrogen (secondary N) is 1. The molecule has 39 heavy (non-hydrogen) atoms. The highest BCUT2D eigenvalue weighted by Gasteiger charge is 2.42. The Morgan fingerprint density at radius 1 is 1.03 bits per heavy atom. The van der Waals surface area contributed by atoms with Crippen molar-refractivity contribution >= 4 is 23.5 Å². The maximum atomic E-state index is 12.5. The topological polar surface area (TPSA) is 138 Å². The van der Waals surface area contributed by atoms with Crippen LogP contribution < -0.4 is 5.32 Å². The van der Waals surface area contributed by atoms with Crippen LogP contribution in [0.5, 0.6) is 0 Å². The lowest BCUT2D eigenvalue weighted by Crippen LogP contribution is -2.45. The van der Waals surface area contributed by atoms with Gasteiger partial charge in [-0.2, -0.15) is 26.3 Å². The summed E-state index contributed by atoms with van der Waals surface area (Å²) in [6.45, 7) is 5.02. The van der Waals surface area contributed by atoms with Crippen LogP contribution in [0.1, 0.15) is 25.7 Å². The molecular weight excluding hydrogens is 544 g/mol. The fourth-order valence-electron chi connectivity index (χ4n) is 4.28. The van der Waals surface area contributed by atoms with Crippen molar-refractivity contribution in [2.24, 2.45) is 11.8 Å². The van der Waals surface area contributed by atoms with E-state index in [1.165, 1.54) is 12.8 Å². The van der Waals surface area contributed by atoms with Crippen molar-refractivity contribution in [1.29, 1.82) is 0 Å². The maximum Gasteiger partial charge on any atom is 0.490 e. The van der Waals surface area contributed by atoms with E-state index in [4.69, 9.17) is 29.3 Å². The first kappa shape index (κ1) is 32.2. The average molecular weight is 573 g/mol. The number of hydrogen-bond donors (Lipinski definition) is 3. The van der Waals surface area contributed by atoms with E-state index in [-0.39, 0.29) is 18.1 Å². The van der Waals surface area contributed by atoms with Gasteiger partial charge < -0.3 is 29.9 Å². The van der Waals surface area contributed by atoms with Crippen molar-refractivity contribution in [3.8, 4) is 0 Å². The van der Waals surface area contributed by atoms with Crippen LogP contribution >= 0.6 is 0 Å². The summed E-state index contributed by atoms with van der Waals surface area (Å²) < 4.78 is 75.0. The van der Waals surface area contributed by atoms with Gasteiger partial charge >= 0.3 is 24.3 Å². The Labute approximate surface area is 219 Å². The molecule has 0 saturated carbocycles. The molecule has 0 unspecified atom stereocenters. The Balaban J connectivity index is 0.000000317. The first-order valence-corrected chi connectivity index (χ1v) is 11.9. The predicted molar refractivity (Wildman–Crippen MR) is 122 cm³/mol. The normalized spacial score (nSPS) is 23.8. The van der Waals surface area contributed by atoms with Gasteiger partial charge in [0.15, 0.2) is 0 Å². The first-order valence-electron chi connectivity index (χ1n) is 11.9. The van der Waals surface area contributed by atoms with Gasteiger partial charge in [-0.25, -0.2) is 9.59 Å². The third-order valence-electron chi connectivity index (χ3n) is 6.20. The number of hydrogen-bond acceptors (Lipinski definition) is 7. The minimum absolute atomic E-state index is 0.0432. The lowest BCUT2D eigenvalue weighted by atomic mass is 9.90. The van der Waals surface area contributed by atoms with Crippen molar-refractivity contribution in [1.82, 2.24) is 9.88 Å². The maximum absolute atomic E-state index is 12.5. The van der Waals surface area contributed by atoms with E-state index in [0.717, 1.165) is 57.3 Å². The highest BCUT2D eigenvalue weighted by molar-refractivity contribution is 5.94. The Morgan fingerprint density at radius 3 is 2.13 bits per heavy atom. The Bertz CT molecular complexity index is 918. The van der Waals surface area contributed by atoms with E-state index >= 15 is 0 Å². The standard InChI is InChI=1S/C19H27N3O3.2C2HF3O2/c23-19(21-16-2-1-6-20-11-16)17-10-15-3-7-22(13-18(15)25-17)12-14-4-8-24-9-5-14;2*3-2(4,5)1(6)7/h1-2,6,11,14-15,17-18H,3-5,7-10,12-13H2,(H,21,23);2*(H,6,7)/t15-,17+,18+;;/m0../s1. The largest absolute Gasteiger partial charge is 0.490 e. The molecule has 4 rings (SSSR count). The van der Waals surface area contributed by atoms with E-state index < -0.39 is 24.3 Å². The molecule has 3 saturated heterocycles. The molecule has 0 aliphatic carbocycles. The molecule has 0 bridgehead atoms. The van der Waals surface area contributed by atoms with Gasteiger partial charge in [-0.1, -0.05) is 0 Å². The van der Waals surface area contributed by atoms with Crippen molar-refractivity contribution in [3.05, 3.63) is 24.5 Å². The van der Waals surface area contributed by atoms with Gasteiger partial charge in [-0.05, 0) is 56.2 Å². The molecule has 3 aliphatic heterocycles. The number of aliphatic carboxylic acids is 2. The summed E-state index contributed by atoms with van der Waals surface area (Å²) in [5, 5.41) is 17.2. The van der Waals surface area contributed by atoms with Crippen LogP contribution in [-0.4, -0.2) is 95.4 Å². The SMILES string of the molecule is O=C(Nc1cccnc1)[C@H]1C[C@@H]2CCN(CC3CCOCC3)C[C@H]2O1.O=C(O)C(F)(F)F.O=C(O)C(F)(F)F. The summed E-state index contributed by atoms with van der Waals surface area (Å²) in [5.74, 6) is -4.30. The van der Waals surface area contributed by atoms with E-state index in [0.29, 0.717) is 5.92 Å². The Kier molecular flexibility index (Phi) is 11.9. The number of carboxylic acid groups (broad SMARTS) is 2. The number of likely N-dealkylation sites (tertiary alicyclic amines) is 1. The number of amides is 1. The number of alkyl halides is 6. The molecule has 1 aromatic rings. The number of halogens is 6. The summed E-state index contributed by atoms with van der Waals surface area (Å²) in [6, 6.07) is 3.67. The summed E-state index contributed by atoms with van der Waals surface area (Å²) in [4.78, 5) is 36.8. The van der Waals surface area contributed by atoms with Crippen molar-refractivity contribution in [2.45, 2.75) is 50.2 Å². The fraction of sp³-hybridized carbons (Fsp3) is 0.652. The number of rotatable bonds is 4. The van der Waals surface area contributed by atoms with E-state index in [9.17, 15) is 31.1 Å². The van der Waals surface area contributed by atoms with Gasteiger partial charge in [0.2, 0.25) is 0 Å². The third kappa shape index (κ3) is 11.3. The second-order valence-corrected chi connectivity index (χ2v) is 9.10. The molecule has 220 valence electrons. The minimum Gasteiger partial charge on any atom is -0.475 e. The number of ether oxygens (including phenoxy) is 2. The van der Waals surface area contributed by atoms with Crippen LogP contribution in [0.4, 0.5) is 32.0 Å². The second-order valence-electron chi connectivity index (χ2n) is 9.10. The number of aromatic nitrogens is 1. The quantitative estimate of drug-likeness (QED) is 0.464. The number of nitrogens with zero attached hydrogens (tertiary/aromatic N) is 2. The number of anilines is 1. The molecule has 10 nitrogen and oxygen atoms in total. The van der Waals surface area contributed by atoms with E-state index in [1.807, 2.05) is 12.1 Å². The fourth-order valence-corrected chi connectivity index (χ4v) is 4.28. The number of fused-ring (bicyclic) bond motifs is 1. The average Bonchev–Trinajstić information content (AvgIpc) is 3.29. The number of pyridine rings is 1. The highest BCUT2D eigenvalue weighted by Crippen LogP contribution is 2.34. The summed E-state index contributed by atoms with van der Waals surface area (Å²) in [6.07, 6.45) is -2.65. The molecule has 0 aromatic carbocycles. The van der Waals surface area contributed by atoms with Crippen LogP contribution in [-0.2, 0) is 23.9 Å². The molecule has 0 spiro atoms. The van der Waals surface area contributed by atoms with Crippen LogP contribution in [0.2, 0.25) is 0 Å². The summed E-state index contributed by atoms with van der Waals surface area (Å²) in [5.41, 5.74) is 0.729. The zero-order valence-electron chi connectivity index (χ0n) is 20.6. The van der Waals surface area contributed by atoms with Crippen LogP contribution in [0.25, 0.3) is 0 Å². The van der Waals surface area contributed by atoms with Crippen molar-refractivity contribution in [2.75, 3.05) is 38.2 Å². The highest BCUT2D eigenvalue weighted by atomic mass is 19.4. The first-order chi connectivity index (χ1) is 18.2. The molecule has 3 atom stereocenters. The summed E-state index contributed by atoms with van der Waals surface area (Å²) in [7, 11) is 0. The molecule has 0 radical (unpaired) electrons. The molecule has 3 fully saturated rings. The molecule has 1 aromatic heterocycles. The van der Waals surface area contributed by atoms with Crippen molar-refractivity contribution in [3.63, 3.8) is 0 Å². The molecule has 4 heterocycles. The van der Waals surface area contributed by atoms with Gasteiger partial charge in [0.05, 0.1) is 18.0 Å².